The van der Waals surface area contributed by atoms with Crippen molar-refractivity contribution in [3.05, 3.63) is 29.8 Å². The van der Waals surface area contributed by atoms with E-state index in [1.165, 1.54) is 57.6 Å². The van der Waals surface area contributed by atoms with Crippen LogP contribution in [0.5, 0.6) is 0 Å². The van der Waals surface area contributed by atoms with Gasteiger partial charge in [-0.15, -0.1) is 0 Å². The molecule has 3 nitrogen and oxygen atoms in total. The SMILES string of the molecule is CCCCCCCCCCCC(NN)c1ccncc1F. The van der Waals surface area contributed by atoms with Gasteiger partial charge < -0.3 is 0 Å². The van der Waals surface area contributed by atoms with E-state index in [-0.39, 0.29) is 11.9 Å². The summed E-state index contributed by atoms with van der Waals surface area (Å²) in [5, 5.41) is 0. The van der Waals surface area contributed by atoms with Crippen molar-refractivity contribution in [3.8, 4) is 0 Å². The number of halogens is 1. The fraction of sp³-hybridized carbons (Fsp3) is 0.706. The van der Waals surface area contributed by atoms with Gasteiger partial charge in [0.2, 0.25) is 0 Å². The molecule has 0 spiro atoms. The Morgan fingerprint density at radius 2 is 1.71 bits per heavy atom. The fourth-order valence-corrected chi connectivity index (χ4v) is 2.66. The summed E-state index contributed by atoms with van der Waals surface area (Å²) in [6, 6.07) is 1.59. The summed E-state index contributed by atoms with van der Waals surface area (Å²) in [7, 11) is 0. The number of nitrogens with one attached hydrogen (secondary N) is 1. The zero-order chi connectivity index (χ0) is 15.3. The lowest BCUT2D eigenvalue weighted by atomic mass is 10.0. The Morgan fingerprint density at radius 1 is 1.10 bits per heavy atom. The molecule has 0 aliphatic rings. The highest BCUT2D eigenvalue weighted by atomic mass is 19.1. The average molecular weight is 295 g/mol. The summed E-state index contributed by atoms with van der Waals surface area (Å²) in [5.74, 6) is 5.26. The van der Waals surface area contributed by atoms with Crippen molar-refractivity contribution in [2.45, 2.75) is 77.2 Å². The van der Waals surface area contributed by atoms with Crippen LogP contribution in [0.1, 0.15) is 82.7 Å². The minimum absolute atomic E-state index is 0.113. The molecular weight excluding hydrogens is 265 g/mol. The first-order valence-corrected chi connectivity index (χ1v) is 8.35. The van der Waals surface area contributed by atoms with Crippen LogP contribution in [0.4, 0.5) is 4.39 Å². The van der Waals surface area contributed by atoms with E-state index in [1.54, 1.807) is 12.3 Å². The lowest BCUT2D eigenvalue weighted by Crippen LogP contribution is -2.28. The minimum Gasteiger partial charge on any atom is -0.271 e. The first-order chi connectivity index (χ1) is 10.3. The van der Waals surface area contributed by atoms with E-state index >= 15 is 0 Å². The first-order valence-electron chi connectivity index (χ1n) is 8.35. The molecule has 0 aliphatic heterocycles. The van der Waals surface area contributed by atoms with Crippen LogP contribution < -0.4 is 11.3 Å². The van der Waals surface area contributed by atoms with Crippen LogP contribution >= 0.6 is 0 Å². The van der Waals surface area contributed by atoms with Gasteiger partial charge in [-0.05, 0) is 12.5 Å². The largest absolute Gasteiger partial charge is 0.271 e. The van der Waals surface area contributed by atoms with Crippen LogP contribution in [0, 0.1) is 5.82 Å². The molecule has 0 radical (unpaired) electrons. The molecule has 0 saturated heterocycles. The van der Waals surface area contributed by atoms with Crippen molar-refractivity contribution in [2.75, 3.05) is 0 Å². The lowest BCUT2D eigenvalue weighted by Gasteiger charge is -2.16. The summed E-state index contributed by atoms with van der Waals surface area (Å²) in [6.45, 7) is 2.24. The number of aromatic nitrogens is 1. The molecule has 1 heterocycles. The zero-order valence-electron chi connectivity index (χ0n) is 13.3. The maximum absolute atomic E-state index is 13.6. The number of hydrazine groups is 1. The molecule has 21 heavy (non-hydrogen) atoms. The maximum atomic E-state index is 13.6. The molecule has 3 N–H and O–H groups in total. The van der Waals surface area contributed by atoms with Crippen LogP contribution in [0.2, 0.25) is 0 Å². The van der Waals surface area contributed by atoms with Gasteiger partial charge in [-0.1, -0.05) is 64.7 Å². The van der Waals surface area contributed by atoms with Crippen molar-refractivity contribution >= 4 is 0 Å². The van der Waals surface area contributed by atoms with Crippen molar-refractivity contribution in [2.24, 2.45) is 5.84 Å². The summed E-state index contributed by atoms with van der Waals surface area (Å²) in [4.78, 5) is 3.77. The quantitative estimate of drug-likeness (QED) is 0.335. The summed E-state index contributed by atoms with van der Waals surface area (Å²) in [5.41, 5.74) is 3.33. The molecular formula is C17H30FN3. The molecule has 0 bridgehead atoms. The Bertz CT molecular complexity index is 371. The number of rotatable bonds is 12. The summed E-state index contributed by atoms with van der Waals surface area (Å²) >= 11 is 0. The monoisotopic (exact) mass is 295 g/mol. The van der Waals surface area contributed by atoms with Gasteiger partial charge in [-0.2, -0.15) is 0 Å². The van der Waals surface area contributed by atoms with Gasteiger partial charge in [0.15, 0.2) is 0 Å². The predicted octanol–water partition coefficient (Wildman–Crippen LogP) is 4.65. The molecule has 120 valence electrons. The number of nitrogens with two attached hydrogens (primary N) is 1. The second kappa shape index (κ2) is 11.6. The number of pyridine rings is 1. The van der Waals surface area contributed by atoms with Gasteiger partial charge in [0.1, 0.15) is 5.82 Å². The third kappa shape index (κ3) is 7.53. The fourth-order valence-electron chi connectivity index (χ4n) is 2.66. The third-order valence-corrected chi connectivity index (χ3v) is 3.98. The van der Waals surface area contributed by atoms with Crippen molar-refractivity contribution in [1.82, 2.24) is 10.4 Å². The van der Waals surface area contributed by atoms with E-state index in [4.69, 9.17) is 5.84 Å². The van der Waals surface area contributed by atoms with Crippen LogP contribution in [0.3, 0.4) is 0 Å². The molecule has 1 atom stereocenters. The smallest absolute Gasteiger partial charge is 0.146 e. The minimum atomic E-state index is -0.281. The number of nitrogens with zero attached hydrogens (tertiary/aromatic N) is 1. The normalized spacial score (nSPS) is 12.5. The Labute approximate surface area is 128 Å². The van der Waals surface area contributed by atoms with Gasteiger partial charge in [-0.25, -0.2) is 4.39 Å². The standard InChI is InChI=1S/C17H30FN3/c1-2-3-4-5-6-7-8-9-10-11-17(21-19)15-12-13-20-14-16(15)18/h12-14,17,21H,2-11,19H2,1H3. The molecule has 0 fully saturated rings. The second-order valence-corrected chi connectivity index (χ2v) is 5.73. The van der Waals surface area contributed by atoms with Crippen molar-refractivity contribution < 1.29 is 4.39 Å². The second-order valence-electron chi connectivity index (χ2n) is 5.73. The molecule has 1 aromatic rings. The Balaban J connectivity index is 2.12. The van der Waals surface area contributed by atoms with Gasteiger partial charge in [0.05, 0.1) is 6.20 Å². The van der Waals surface area contributed by atoms with Crippen molar-refractivity contribution in [3.63, 3.8) is 0 Å². The highest BCUT2D eigenvalue weighted by Gasteiger charge is 2.13. The molecule has 0 saturated carbocycles. The van der Waals surface area contributed by atoms with Gasteiger partial charge in [-0.3, -0.25) is 16.3 Å². The first kappa shape index (κ1) is 18.1. The third-order valence-electron chi connectivity index (χ3n) is 3.98. The maximum Gasteiger partial charge on any atom is 0.146 e. The van der Waals surface area contributed by atoms with Crippen LogP contribution in [0.25, 0.3) is 0 Å². The number of hydrogen-bond donors (Lipinski definition) is 2. The average Bonchev–Trinajstić information content (AvgIpc) is 2.50. The summed E-state index contributed by atoms with van der Waals surface area (Å²) in [6.07, 6.45) is 15.3. The molecule has 1 unspecified atom stereocenters. The Hall–Kier alpha value is -1.00. The lowest BCUT2D eigenvalue weighted by molar-refractivity contribution is 0.455. The number of unbranched alkanes of at least 4 members (excludes halogenated alkanes) is 8. The topological polar surface area (TPSA) is 50.9 Å². The predicted molar refractivity (Wildman–Crippen MR) is 86.1 cm³/mol. The van der Waals surface area contributed by atoms with Crippen LogP contribution in [0.15, 0.2) is 18.5 Å². The van der Waals surface area contributed by atoms with E-state index in [9.17, 15) is 4.39 Å². The van der Waals surface area contributed by atoms with Crippen molar-refractivity contribution in [1.29, 1.82) is 0 Å². The molecule has 0 aliphatic carbocycles. The molecule has 1 rings (SSSR count). The van der Waals surface area contributed by atoms with E-state index in [0.29, 0.717) is 5.56 Å². The van der Waals surface area contributed by atoms with Crippen LogP contribution in [-0.4, -0.2) is 4.98 Å². The van der Waals surface area contributed by atoms with E-state index in [1.807, 2.05) is 0 Å². The van der Waals surface area contributed by atoms with Crippen LogP contribution in [-0.2, 0) is 0 Å². The Morgan fingerprint density at radius 3 is 2.29 bits per heavy atom. The molecule has 1 aromatic heterocycles. The summed E-state index contributed by atoms with van der Waals surface area (Å²) < 4.78 is 13.6. The Kier molecular flexibility index (Phi) is 10.0. The highest BCUT2D eigenvalue weighted by Crippen LogP contribution is 2.21. The van der Waals surface area contributed by atoms with Gasteiger partial charge in [0, 0.05) is 17.8 Å². The van der Waals surface area contributed by atoms with E-state index < -0.39 is 0 Å². The van der Waals surface area contributed by atoms with Gasteiger partial charge >= 0.3 is 0 Å². The number of hydrogen-bond acceptors (Lipinski definition) is 3. The van der Waals surface area contributed by atoms with Gasteiger partial charge in [0.25, 0.3) is 0 Å². The van der Waals surface area contributed by atoms with E-state index in [0.717, 1.165) is 12.8 Å². The molecule has 0 amide bonds. The molecule has 4 heteroatoms. The molecule has 0 aromatic carbocycles. The highest BCUT2D eigenvalue weighted by molar-refractivity contribution is 5.16. The van der Waals surface area contributed by atoms with E-state index in [2.05, 4.69) is 17.3 Å². The zero-order valence-corrected chi connectivity index (χ0v) is 13.3.